The summed E-state index contributed by atoms with van der Waals surface area (Å²) in [5.41, 5.74) is 3.70. The van der Waals surface area contributed by atoms with E-state index in [9.17, 15) is 14.9 Å². The Morgan fingerprint density at radius 2 is 2.26 bits per heavy atom. The fourth-order valence-electron chi connectivity index (χ4n) is 1.36. The quantitative estimate of drug-likeness (QED) is 0.431. The van der Waals surface area contributed by atoms with Gasteiger partial charge >= 0.3 is 0 Å². The number of nitrogens with two attached hydrogens (primary N) is 1. The van der Waals surface area contributed by atoms with Gasteiger partial charge in [0, 0.05) is 11.8 Å². The van der Waals surface area contributed by atoms with E-state index in [1.165, 1.54) is 23.7 Å². The minimum Gasteiger partial charge on any atom is -0.324 e. The number of nitro benzene ring substituents is 1. The van der Waals surface area contributed by atoms with E-state index in [2.05, 4.69) is 20.9 Å². The summed E-state index contributed by atoms with van der Waals surface area (Å²) in [4.78, 5) is 22.2. The minimum absolute atomic E-state index is 0.115. The van der Waals surface area contributed by atoms with Crippen molar-refractivity contribution in [2.45, 2.75) is 0 Å². The second-order valence-corrected chi connectivity index (χ2v) is 4.16. The molecule has 0 fully saturated rings. The molecule has 1 amide bonds. The van der Waals surface area contributed by atoms with Gasteiger partial charge in [0.15, 0.2) is 0 Å². The highest BCUT2D eigenvalue weighted by molar-refractivity contribution is 7.13. The Morgan fingerprint density at radius 3 is 2.84 bits per heavy atom. The van der Waals surface area contributed by atoms with E-state index < -0.39 is 10.8 Å². The standard InChI is InChI=1S/C9H8N6O3S/c10-13-5-1-2-7(15(17)18)6(3-5)8(16)12-9-14-11-4-19-9/h1-4,13H,10H2,(H,12,14,16). The Hall–Kier alpha value is -2.59. The third kappa shape index (κ3) is 2.81. The normalized spacial score (nSPS) is 9.95. The number of anilines is 2. The highest BCUT2D eigenvalue weighted by Crippen LogP contribution is 2.23. The highest BCUT2D eigenvalue weighted by Gasteiger charge is 2.21. The van der Waals surface area contributed by atoms with Crippen LogP contribution in [0.5, 0.6) is 0 Å². The molecule has 0 unspecified atom stereocenters. The number of nitrogens with zero attached hydrogens (tertiary/aromatic N) is 3. The Bertz CT molecular complexity index is 614. The molecule has 0 saturated heterocycles. The number of nitro groups is 1. The maximum atomic E-state index is 12.0. The summed E-state index contributed by atoms with van der Waals surface area (Å²) >= 11 is 1.11. The van der Waals surface area contributed by atoms with Gasteiger partial charge < -0.3 is 5.43 Å². The van der Waals surface area contributed by atoms with Crippen LogP contribution in [0.2, 0.25) is 0 Å². The van der Waals surface area contributed by atoms with Crippen molar-refractivity contribution in [2.24, 2.45) is 5.84 Å². The molecule has 2 rings (SSSR count). The molecular weight excluding hydrogens is 272 g/mol. The molecule has 98 valence electrons. The van der Waals surface area contributed by atoms with Gasteiger partial charge in [0.1, 0.15) is 11.1 Å². The smallest absolute Gasteiger partial charge is 0.282 e. The minimum atomic E-state index is -0.652. The molecule has 10 heteroatoms. The number of nitrogen functional groups attached to an aromatic ring is 1. The van der Waals surface area contributed by atoms with Crippen LogP contribution < -0.4 is 16.6 Å². The van der Waals surface area contributed by atoms with Crippen LogP contribution in [-0.4, -0.2) is 21.0 Å². The molecule has 0 atom stereocenters. The number of hydrogen-bond acceptors (Lipinski definition) is 8. The van der Waals surface area contributed by atoms with Crippen LogP contribution in [0.3, 0.4) is 0 Å². The number of aromatic nitrogens is 2. The molecule has 0 bridgehead atoms. The van der Waals surface area contributed by atoms with E-state index in [-0.39, 0.29) is 16.4 Å². The van der Waals surface area contributed by atoms with Crippen molar-refractivity contribution in [3.05, 3.63) is 39.4 Å². The van der Waals surface area contributed by atoms with Gasteiger partial charge in [-0.05, 0) is 12.1 Å². The summed E-state index contributed by atoms with van der Waals surface area (Å²) in [6.45, 7) is 0. The van der Waals surface area contributed by atoms with E-state index in [4.69, 9.17) is 5.84 Å². The number of hydrazine groups is 1. The Balaban J connectivity index is 2.35. The summed E-state index contributed by atoms with van der Waals surface area (Å²) in [6, 6.07) is 3.89. The first kappa shape index (κ1) is 12.9. The average molecular weight is 280 g/mol. The molecule has 4 N–H and O–H groups in total. The van der Waals surface area contributed by atoms with Gasteiger partial charge in [-0.2, -0.15) is 0 Å². The summed E-state index contributed by atoms with van der Waals surface area (Å²) in [7, 11) is 0. The summed E-state index contributed by atoms with van der Waals surface area (Å²) < 4.78 is 0. The lowest BCUT2D eigenvalue weighted by atomic mass is 10.1. The van der Waals surface area contributed by atoms with Crippen molar-refractivity contribution in [1.29, 1.82) is 0 Å². The van der Waals surface area contributed by atoms with Gasteiger partial charge in [-0.3, -0.25) is 26.1 Å². The average Bonchev–Trinajstić information content (AvgIpc) is 2.90. The maximum Gasteiger partial charge on any atom is 0.282 e. The topological polar surface area (TPSA) is 136 Å². The van der Waals surface area contributed by atoms with Crippen molar-refractivity contribution in [2.75, 3.05) is 10.7 Å². The second-order valence-electron chi connectivity index (χ2n) is 3.33. The number of carbonyl (C=O) groups excluding carboxylic acids is 1. The fraction of sp³-hybridized carbons (Fsp3) is 0. The van der Waals surface area contributed by atoms with Crippen LogP contribution in [0.25, 0.3) is 0 Å². The van der Waals surface area contributed by atoms with Gasteiger partial charge in [0.2, 0.25) is 5.13 Å². The van der Waals surface area contributed by atoms with Crippen molar-refractivity contribution < 1.29 is 9.72 Å². The third-order valence-corrected chi connectivity index (χ3v) is 2.79. The van der Waals surface area contributed by atoms with Gasteiger partial charge in [0.05, 0.1) is 4.92 Å². The monoisotopic (exact) mass is 280 g/mol. The highest BCUT2D eigenvalue weighted by atomic mass is 32.1. The molecule has 19 heavy (non-hydrogen) atoms. The van der Waals surface area contributed by atoms with Crippen LogP contribution in [0.15, 0.2) is 23.7 Å². The molecule has 0 aliphatic heterocycles. The Morgan fingerprint density at radius 1 is 1.47 bits per heavy atom. The van der Waals surface area contributed by atoms with Crippen LogP contribution in [0.1, 0.15) is 10.4 Å². The molecule has 1 aromatic heterocycles. The zero-order chi connectivity index (χ0) is 13.8. The first-order valence-corrected chi connectivity index (χ1v) is 5.82. The fourth-order valence-corrected chi connectivity index (χ4v) is 1.80. The van der Waals surface area contributed by atoms with Crippen LogP contribution in [0.4, 0.5) is 16.5 Å². The number of hydrogen-bond donors (Lipinski definition) is 3. The van der Waals surface area contributed by atoms with E-state index in [1.807, 2.05) is 0 Å². The molecule has 9 nitrogen and oxygen atoms in total. The molecule has 2 aromatic rings. The van der Waals surface area contributed by atoms with Crippen LogP contribution >= 0.6 is 11.3 Å². The SMILES string of the molecule is NNc1ccc([N+](=O)[O-])c(C(=O)Nc2nncs2)c1. The van der Waals surface area contributed by atoms with E-state index in [0.717, 1.165) is 11.3 Å². The lowest BCUT2D eigenvalue weighted by Gasteiger charge is -2.05. The molecular formula is C9H8N6O3S. The molecule has 0 aliphatic rings. The number of carbonyl (C=O) groups is 1. The molecule has 0 aliphatic carbocycles. The predicted molar refractivity (Wildman–Crippen MR) is 68.8 cm³/mol. The van der Waals surface area contributed by atoms with Crippen molar-refractivity contribution in [3.8, 4) is 0 Å². The molecule has 0 radical (unpaired) electrons. The molecule has 1 aromatic carbocycles. The van der Waals surface area contributed by atoms with Gasteiger partial charge in [-0.15, -0.1) is 10.2 Å². The number of benzene rings is 1. The van der Waals surface area contributed by atoms with Crippen molar-refractivity contribution >= 4 is 33.8 Å². The first-order chi connectivity index (χ1) is 9.11. The van der Waals surface area contributed by atoms with Crippen molar-refractivity contribution in [1.82, 2.24) is 10.2 Å². The van der Waals surface area contributed by atoms with Crippen LogP contribution in [0, 0.1) is 10.1 Å². The van der Waals surface area contributed by atoms with Crippen LogP contribution in [-0.2, 0) is 0 Å². The molecule has 1 heterocycles. The van der Waals surface area contributed by atoms with Gasteiger partial charge in [-0.1, -0.05) is 11.3 Å². The lowest BCUT2D eigenvalue weighted by molar-refractivity contribution is -0.385. The largest absolute Gasteiger partial charge is 0.324 e. The molecule has 0 saturated carbocycles. The molecule has 0 spiro atoms. The van der Waals surface area contributed by atoms with Gasteiger partial charge in [0.25, 0.3) is 11.6 Å². The summed E-state index contributed by atoms with van der Waals surface area (Å²) in [6.07, 6.45) is 0. The van der Waals surface area contributed by atoms with E-state index in [1.54, 1.807) is 0 Å². The summed E-state index contributed by atoms with van der Waals surface area (Å²) in [5.74, 6) is 4.56. The summed E-state index contributed by atoms with van der Waals surface area (Å²) in [5, 5.41) is 20.7. The zero-order valence-corrected chi connectivity index (χ0v) is 10.2. The van der Waals surface area contributed by atoms with Crippen molar-refractivity contribution in [3.63, 3.8) is 0 Å². The number of amides is 1. The number of nitrogens with one attached hydrogen (secondary N) is 2. The zero-order valence-electron chi connectivity index (χ0n) is 9.36. The Labute approximate surface area is 110 Å². The van der Waals surface area contributed by atoms with E-state index in [0.29, 0.717) is 5.69 Å². The van der Waals surface area contributed by atoms with E-state index >= 15 is 0 Å². The lowest BCUT2D eigenvalue weighted by Crippen LogP contribution is -2.15. The predicted octanol–water partition coefficient (Wildman–Crippen LogP) is 0.984. The second kappa shape index (κ2) is 5.37. The number of rotatable bonds is 4. The first-order valence-electron chi connectivity index (χ1n) is 4.94. The maximum absolute atomic E-state index is 12.0. The van der Waals surface area contributed by atoms with Gasteiger partial charge in [-0.25, -0.2) is 0 Å². The third-order valence-electron chi connectivity index (χ3n) is 2.19. The Kier molecular flexibility index (Phi) is 3.63.